The molecule has 2 N–H and O–H groups in total. The Morgan fingerprint density at radius 2 is 2.38 bits per heavy atom. The van der Waals surface area contributed by atoms with Gasteiger partial charge in [0, 0.05) is 24.1 Å². The second kappa shape index (κ2) is 5.16. The van der Waals surface area contributed by atoms with Gasteiger partial charge in [0.25, 0.3) is 0 Å². The van der Waals surface area contributed by atoms with E-state index in [2.05, 4.69) is 18.5 Å². The van der Waals surface area contributed by atoms with Crippen LogP contribution in [0.25, 0.3) is 11.3 Å². The molecule has 0 saturated carbocycles. The number of imidazole rings is 1. The Morgan fingerprint density at radius 3 is 3.10 bits per heavy atom. The minimum atomic E-state index is 0.190. The first-order valence-electron chi connectivity index (χ1n) is 6.93. The van der Waals surface area contributed by atoms with Crippen molar-refractivity contribution in [1.82, 2.24) is 9.55 Å². The molecule has 110 valence electrons. The normalized spacial score (nSPS) is 16.4. The molecule has 1 aliphatic rings. The highest BCUT2D eigenvalue weighted by molar-refractivity contribution is 5.78. The van der Waals surface area contributed by atoms with Gasteiger partial charge >= 0.3 is 0 Å². The van der Waals surface area contributed by atoms with Crippen LogP contribution in [-0.4, -0.2) is 22.8 Å². The lowest BCUT2D eigenvalue weighted by Crippen LogP contribution is -2.05. The number of methoxy groups -OCH3 is 1. The third-order valence-corrected chi connectivity index (χ3v) is 3.68. The van der Waals surface area contributed by atoms with Gasteiger partial charge in [-0.05, 0) is 19.1 Å². The summed E-state index contributed by atoms with van der Waals surface area (Å²) in [5.41, 5.74) is 8.89. The summed E-state index contributed by atoms with van der Waals surface area (Å²) in [6.45, 7) is 6.40. The molecular weight excluding hydrogens is 266 g/mol. The molecular formula is C16H19N3O2. The van der Waals surface area contributed by atoms with E-state index in [1.165, 1.54) is 0 Å². The van der Waals surface area contributed by atoms with E-state index in [-0.39, 0.29) is 6.10 Å². The van der Waals surface area contributed by atoms with Gasteiger partial charge in [-0.1, -0.05) is 6.08 Å². The number of nitrogen functional groups attached to an aromatic ring is 1. The molecule has 1 aromatic carbocycles. The van der Waals surface area contributed by atoms with Crippen molar-refractivity contribution in [2.24, 2.45) is 0 Å². The molecule has 2 heterocycles. The number of hydrogen-bond donors (Lipinski definition) is 1. The van der Waals surface area contributed by atoms with Crippen LogP contribution in [0.4, 0.5) is 5.82 Å². The molecule has 0 amide bonds. The Balaban J connectivity index is 2.10. The van der Waals surface area contributed by atoms with Gasteiger partial charge in [-0.25, -0.2) is 4.98 Å². The minimum absolute atomic E-state index is 0.190. The van der Waals surface area contributed by atoms with Crippen molar-refractivity contribution < 1.29 is 9.47 Å². The zero-order valence-corrected chi connectivity index (χ0v) is 12.3. The Morgan fingerprint density at radius 1 is 1.57 bits per heavy atom. The summed E-state index contributed by atoms with van der Waals surface area (Å²) in [6, 6.07) is 3.98. The number of rotatable bonds is 4. The molecule has 21 heavy (non-hydrogen) atoms. The van der Waals surface area contributed by atoms with Crippen molar-refractivity contribution >= 4 is 5.82 Å². The van der Waals surface area contributed by atoms with Crippen molar-refractivity contribution in [2.75, 3.05) is 12.8 Å². The molecule has 0 spiro atoms. The molecule has 1 aromatic heterocycles. The fourth-order valence-corrected chi connectivity index (χ4v) is 2.68. The van der Waals surface area contributed by atoms with Crippen LogP contribution in [0.15, 0.2) is 31.1 Å². The third kappa shape index (κ3) is 2.24. The van der Waals surface area contributed by atoms with Crippen LogP contribution in [0.2, 0.25) is 0 Å². The van der Waals surface area contributed by atoms with Crippen LogP contribution in [0, 0.1) is 0 Å². The molecule has 5 nitrogen and oxygen atoms in total. The molecule has 1 atom stereocenters. The number of fused-ring (bicyclic) bond motifs is 1. The number of aromatic nitrogens is 2. The zero-order valence-electron chi connectivity index (χ0n) is 12.3. The van der Waals surface area contributed by atoms with Gasteiger partial charge in [0.1, 0.15) is 29.1 Å². The standard InChI is InChI=1S/C16H19N3O2/c1-4-5-19-9-18-15(16(19)17)12-8-13-11(6-10(2)21-13)7-14(12)20-3/h4,7-10H,1,5-6,17H2,2-3H3. The molecule has 3 rings (SSSR count). The first kappa shape index (κ1) is 13.5. The van der Waals surface area contributed by atoms with E-state index in [0.717, 1.165) is 29.0 Å². The summed E-state index contributed by atoms with van der Waals surface area (Å²) >= 11 is 0. The van der Waals surface area contributed by atoms with Crippen LogP contribution >= 0.6 is 0 Å². The molecule has 1 unspecified atom stereocenters. The Kier molecular flexibility index (Phi) is 3.33. The van der Waals surface area contributed by atoms with E-state index in [1.54, 1.807) is 19.5 Å². The topological polar surface area (TPSA) is 62.3 Å². The first-order valence-corrected chi connectivity index (χ1v) is 6.93. The number of anilines is 1. The number of ether oxygens (including phenoxy) is 2. The second-order valence-corrected chi connectivity index (χ2v) is 5.21. The van der Waals surface area contributed by atoms with E-state index >= 15 is 0 Å². The number of nitrogens with zero attached hydrogens (tertiary/aromatic N) is 2. The number of hydrogen-bond acceptors (Lipinski definition) is 4. The predicted molar refractivity (Wildman–Crippen MR) is 82.6 cm³/mol. The summed E-state index contributed by atoms with van der Waals surface area (Å²) in [5.74, 6) is 2.25. The summed E-state index contributed by atoms with van der Waals surface area (Å²) in [5, 5.41) is 0. The predicted octanol–water partition coefficient (Wildman–Crippen LogP) is 2.65. The molecule has 0 fully saturated rings. The van der Waals surface area contributed by atoms with Gasteiger partial charge in [0.2, 0.25) is 0 Å². The van der Waals surface area contributed by atoms with E-state index in [9.17, 15) is 0 Å². The average molecular weight is 285 g/mol. The summed E-state index contributed by atoms with van der Waals surface area (Å²) in [7, 11) is 1.65. The van der Waals surface area contributed by atoms with E-state index in [1.807, 2.05) is 16.7 Å². The Labute approximate surface area is 124 Å². The van der Waals surface area contributed by atoms with Gasteiger partial charge in [0.15, 0.2) is 0 Å². The Hall–Kier alpha value is -2.43. The zero-order chi connectivity index (χ0) is 15.0. The Bertz CT molecular complexity index is 691. The second-order valence-electron chi connectivity index (χ2n) is 5.21. The van der Waals surface area contributed by atoms with Gasteiger partial charge in [-0.3, -0.25) is 0 Å². The van der Waals surface area contributed by atoms with Crippen molar-refractivity contribution in [3.8, 4) is 22.8 Å². The summed E-state index contributed by atoms with van der Waals surface area (Å²) in [6.07, 6.45) is 4.58. The largest absolute Gasteiger partial charge is 0.496 e. The molecule has 2 aromatic rings. The molecule has 0 saturated heterocycles. The minimum Gasteiger partial charge on any atom is -0.496 e. The quantitative estimate of drug-likeness (QED) is 0.877. The maximum absolute atomic E-state index is 6.17. The van der Waals surface area contributed by atoms with E-state index < -0.39 is 0 Å². The summed E-state index contributed by atoms with van der Waals surface area (Å²) < 4.78 is 13.2. The molecule has 5 heteroatoms. The molecule has 0 aliphatic carbocycles. The molecule has 0 radical (unpaired) electrons. The van der Waals surface area contributed by atoms with Crippen LogP contribution < -0.4 is 15.2 Å². The highest BCUT2D eigenvalue weighted by atomic mass is 16.5. The van der Waals surface area contributed by atoms with Crippen LogP contribution in [-0.2, 0) is 13.0 Å². The lowest BCUT2D eigenvalue weighted by molar-refractivity contribution is 0.254. The lowest BCUT2D eigenvalue weighted by atomic mass is 10.0. The lowest BCUT2D eigenvalue weighted by Gasteiger charge is -2.10. The average Bonchev–Trinajstić information content (AvgIpc) is 3.00. The smallest absolute Gasteiger partial charge is 0.131 e. The van der Waals surface area contributed by atoms with Crippen LogP contribution in [0.1, 0.15) is 12.5 Å². The fraction of sp³-hybridized carbons (Fsp3) is 0.312. The van der Waals surface area contributed by atoms with E-state index in [0.29, 0.717) is 18.1 Å². The van der Waals surface area contributed by atoms with Gasteiger partial charge in [-0.2, -0.15) is 0 Å². The van der Waals surface area contributed by atoms with Crippen molar-refractivity contribution in [2.45, 2.75) is 26.0 Å². The van der Waals surface area contributed by atoms with Crippen molar-refractivity contribution in [3.05, 3.63) is 36.7 Å². The highest BCUT2D eigenvalue weighted by Gasteiger charge is 2.24. The molecule has 0 bridgehead atoms. The maximum atomic E-state index is 6.17. The van der Waals surface area contributed by atoms with Crippen molar-refractivity contribution in [3.63, 3.8) is 0 Å². The SMILES string of the molecule is C=CCn1cnc(-c2cc3c(cc2OC)CC(C)O3)c1N. The number of allylic oxidation sites excluding steroid dienone is 1. The van der Waals surface area contributed by atoms with Gasteiger partial charge in [-0.15, -0.1) is 6.58 Å². The summed E-state index contributed by atoms with van der Waals surface area (Å²) in [4.78, 5) is 4.41. The van der Waals surface area contributed by atoms with Gasteiger partial charge in [0.05, 0.1) is 13.4 Å². The van der Waals surface area contributed by atoms with E-state index in [4.69, 9.17) is 15.2 Å². The van der Waals surface area contributed by atoms with Crippen LogP contribution in [0.5, 0.6) is 11.5 Å². The first-order chi connectivity index (χ1) is 10.1. The maximum Gasteiger partial charge on any atom is 0.131 e. The van der Waals surface area contributed by atoms with Crippen LogP contribution in [0.3, 0.4) is 0 Å². The highest BCUT2D eigenvalue weighted by Crippen LogP contribution is 2.40. The molecule has 1 aliphatic heterocycles. The van der Waals surface area contributed by atoms with Crippen molar-refractivity contribution in [1.29, 1.82) is 0 Å². The number of nitrogens with two attached hydrogens (primary N) is 1. The number of benzene rings is 1. The monoisotopic (exact) mass is 285 g/mol. The third-order valence-electron chi connectivity index (χ3n) is 3.68. The van der Waals surface area contributed by atoms with Gasteiger partial charge < -0.3 is 19.8 Å². The fourth-order valence-electron chi connectivity index (χ4n) is 2.68.